The van der Waals surface area contributed by atoms with Crippen LogP contribution in [0, 0.1) is 5.92 Å². The molecule has 0 N–H and O–H groups in total. The predicted octanol–water partition coefficient (Wildman–Crippen LogP) is 8.13. The fourth-order valence-electron chi connectivity index (χ4n) is 5.16. The number of anilines is 1. The Labute approximate surface area is 235 Å². The Bertz CT molecular complexity index is 1360. The monoisotopic (exact) mass is 636 g/mol. The highest BCUT2D eigenvalue weighted by atomic mass is 19.4. The molecule has 1 aliphatic heterocycles. The smallest absolute Gasteiger partial charge is 0.453 e. The second-order valence-corrected chi connectivity index (χ2v) is 10.1. The van der Waals surface area contributed by atoms with Gasteiger partial charge in [-0.3, -0.25) is 9.69 Å². The molecule has 2 atom stereocenters. The number of nitrogens with zero attached hydrogens (tertiary/aromatic N) is 2. The van der Waals surface area contributed by atoms with Crippen molar-refractivity contribution in [1.82, 2.24) is 4.90 Å². The molecule has 236 valence electrons. The lowest BCUT2D eigenvalue weighted by molar-refractivity contribution is -0.171. The van der Waals surface area contributed by atoms with Gasteiger partial charge in [0.2, 0.25) is 0 Å². The quantitative estimate of drug-likeness (QED) is 0.319. The molecule has 0 spiro atoms. The zero-order valence-corrected chi connectivity index (χ0v) is 21.7. The van der Waals surface area contributed by atoms with Crippen LogP contribution < -0.4 is 4.90 Å². The van der Waals surface area contributed by atoms with Crippen LogP contribution in [0.4, 0.5) is 63.2 Å². The molecule has 1 fully saturated rings. The van der Waals surface area contributed by atoms with E-state index in [1.54, 1.807) is 0 Å². The fraction of sp³-hybridized carbons (Fsp3) is 0.462. The normalized spacial score (nSPS) is 19.6. The first-order valence-corrected chi connectivity index (χ1v) is 12.4. The van der Waals surface area contributed by atoms with E-state index in [9.17, 15) is 62.3 Å². The number of rotatable bonds is 4. The topological polar surface area (TPSA) is 49.9 Å². The van der Waals surface area contributed by atoms with E-state index in [1.165, 1.54) is 0 Å². The zero-order chi connectivity index (χ0) is 32.3. The molecular weight excluding hydrogens is 616 g/mol. The molecule has 1 aliphatic carbocycles. The molecule has 2 aliphatic rings. The van der Waals surface area contributed by atoms with Crippen molar-refractivity contribution in [2.75, 3.05) is 12.0 Å². The highest BCUT2D eigenvalue weighted by Crippen LogP contribution is 2.50. The number of alkyl halides is 12. The average molecular weight is 636 g/mol. The number of carbonyl (C=O) groups excluding carboxylic acids is 2. The number of ether oxygens (including phenoxy) is 1. The summed E-state index contributed by atoms with van der Waals surface area (Å²) in [6.45, 7) is -1.06. The van der Waals surface area contributed by atoms with Gasteiger partial charge in [0.15, 0.2) is 0 Å². The molecule has 0 bridgehead atoms. The van der Waals surface area contributed by atoms with Crippen LogP contribution in [0.1, 0.15) is 53.1 Å². The van der Waals surface area contributed by atoms with E-state index in [0.29, 0.717) is 53.0 Å². The van der Waals surface area contributed by atoms with Gasteiger partial charge < -0.3 is 9.64 Å². The number of methoxy groups -OCH3 is 1. The first-order valence-electron chi connectivity index (χ1n) is 12.4. The van der Waals surface area contributed by atoms with E-state index in [2.05, 4.69) is 4.74 Å². The maximum atomic E-state index is 13.7. The highest BCUT2D eigenvalue weighted by molar-refractivity contribution is 5.99. The third-order valence-corrected chi connectivity index (χ3v) is 7.18. The highest BCUT2D eigenvalue weighted by Gasteiger charge is 2.53. The van der Waals surface area contributed by atoms with Gasteiger partial charge in [-0.1, -0.05) is 0 Å². The molecule has 43 heavy (non-hydrogen) atoms. The summed E-state index contributed by atoms with van der Waals surface area (Å²) in [4.78, 5) is 26.2. The Kier molecular flexibility index (Phi) is 8.11. The summed E-state index contributed by atoms with van der Waals surface area (Å²) in [7, 11) is 0.788. The molecule has 4 rings (SSSR count). The van der Waals surface area contributed by atoms with Crippen molar-refractivity contribution in [3.63, 3.8) is 0 Å². The largest absolute Gasteiger partial charge is 0.471 e. The molecule has 0 saturated heterocycles. The van der Waals surface area contributed by atoms with Crippen molar-refractivity contribution in [2.45, 2.75) is 62.6 Å². The van der Waals surface area contributed by atoms with Crippen molar-refractivity contribution >= 4 is 17.7 Å². The van der Waals surface area contributed by atoms with Gasteiger partial charge in [-0.25, -0.2) is 4.79 Å². The van der Waals surface area contributed by atoms with E-state index in [0.717, 1.165) is 7.11 Å². The summed E-state index contributed by atoms with van der Waals surface area (Å²) in [5.41, 5.74) is -6.86. The molecule has 0 aromatic heterocycles. The van der Waals surface area contributed by atoms with Gasteiger partial charge in [0.1, 0.15) is 0 Å². The molecular formula is C26H20F12N2O3. The Hall–Kier alpha value is -3.66. The molecule has 2 amide bonds. The van der Waals surface area contributed by atoms with Gasteiger partial charge in [-0.2, -0.15) is 52.7 Å². The molecule has 0 radical (unpaired) electrons. The van der Waals surface area contributed by atoms with Gasteiger partial charge >= 0.3 is 36.7 Å². The number of carbonyl (C=O) groups is 2. The van der Waals surface area contributed by atoms with E-state index < -0.39 is 101 Å². The predicted molar refractivity (Wildman–Crippen MR) is 123 cm³/mol. The fourth-order valence-corrected chi connectivity index (χ4v) is 5.16. The lowest BCUT2D eigenvalue weighted by Crippen LogP contribution is -2.53. The molecule has 2 aromatic rings. The maximum Gasteiger partial charge on any atom is 0.471 e. The molecule has 1 heterocycles. The summed E-state index contributed by atoms with van der Waals surface area (Å²) in [6.07, 6.45) is -22.4. The van der Waals surface area contributed by atoms with Crippen LogP contribution in [0.2, 0.25) is 0 Å². The first-order chi connectivity index (χ1) is 19.6. The lowest BCUT2D eigenvalue weighted by atomic mass is 9.86. The van der Waals surface area contributed by atoms with Gasteiger partial charge in [0, 0.05) is 18.3 Å². The average Bonchev–Trinajstić information content (AvgIpc) is 3.73. The molecule has 17 heteroatoms. The van der Waals surface area contributed by atoms with Crippen LogP contribution in [0.3, 0.4) is 0 Å². The zero-order valence-electron chi connectivity index (χ0n) is 21.7. The number of fused-ring (bicyclic) bond motifs is 1. The van der Waals surface area contributed by atoms with E-state index in [-0.39, 0.29) is 6.07 Å². The van der Waals surface area contributed by atoms with Crippen molar-refractivity contribution in [1.29, 1.82) is 0 Å². The minimum Gasteiger partial charge on any atom is -0.453 e. The summed E-state index contributed by atoms with van der Waals surface area (Å²) in [5.74, 6) is -2.96. The SMILES string of the molecule is COC(=O)N(Cc1cc(C(F)(F)F)cc(C(F)(F)F)c1)[C@@H]1C[C@H](C2CC2)N(C(=O)C(F)(F)F)c2ccc(C(F)(F)F)cc21. The summed E-state index contributed by atoms with van der Waals surface area (Å²) in [5, 5.41) is 0. The minimum atomic E-state index is -5.45. The van der Waals surface area contributed by atoms with Crippen LogP contribution in [-0.4, -0.2) is 36.2 Å². The number of halogens is 12. The van der Waals surface area contributed by atoms with Crippen LogP contribution >= 0.6 is 0 Å². The third-order valence-electron chi connectivity index (χ3n) is 7.18. The second-order valence-electron chi connectivity index (χ2n) is 10.1. The Morgan fingerprint density at radius 3 is 1.79 bits per heavy atom. The van der Waals surface area contributed by atoms with Crippen molar-refractivity contribution < 1.29 is 67.0 Å². The van der Waals surface area contributed by atoms with Crippen molar-refractivity contribution in [2.24, 2.45) is 5.92 Å². The van der Waals surface area contributed by atoms with Crippen LogP contribution in [0.15, 0.2) is 36.4 Å². The lowest BCUT2D eigenvalue weighted by Gasteiger charge is -2.44. The minimum absolute atomic E-state index is 0.165. The number of hydrogen-bond acceptors (Lipinski definition) is 3. The second kappa shape index (κ2) is 10.8. The van der Waals surface area contributed by atoms with Crippen LogP contribution in [0.5, 0.6) is 0 Å². The maximum absolute atomic E-state index is 13.7. The standard InChI is InChI=1S/C26H20F12N2O3/c1-43-22(42)39(11-12-6-15(24(30,31)32)8-16(7-12)25(33,34)35)20-10-19(13-2-3-13)40(21(41)26(36,37)38)18-5-4-14(9-17(18)20)23(27,28)29/h4-9,13,19-20H,2-3,10-11H2,1H3/t19-,20-/m1/s1. The van der Waals surface area contributed by atoms with Gasteiger partial charge in [-0.15, -0.1) is 0 Å². The first kappa shape index (κ1) is 32.3. The summed E-state index contributed by atoms with van der Waals surface area (Å²) < 4.78 is 167. The van der Waals surface area contributed by atoms with Gasteiger partial charge in [0.25, 0.3) is 0 Å². The Balaban J connectivity index is 1.91. The molecule has 5 nitrogen and oxygen atoms in total. The third kappa shape index (κ3) is 6.79. The number of amides is 2. The van der Waals surface area contributed by atoms with Crippen LogP contribution in [-0.2, 0) is 34.6 Å². The molecule has 1 saturated carbocycles. The van der Waals surface area contributed by atoms with Crippen LogP contribution in [0.25, 0.3) is 0 Å². The van der Waals surface area contributed by atoms with Gasteiger partial charge in [-0.05, 0) is 72.7 Å². The molecule has 0 unspecified atom stereocenters. The summed E-state index contributed by atoms with van der Waals surface area (Å²) in [6, 6.07) is -1.08. The Morgan fingerprint density at radius 2 is 1.35 bits per heavy atom. The summed E-state index contributed by atoms with van der Waals surface area (Å²) >= 11 is 0. The Morgan fingerprint density at radius 1 is 0.814 bits per heavy atom. The van der Waals surface area contributed by atoms with E-state index in [1.807, 2.05) is 0 Å². The number of hydrogen-bond donors (Lipinski definition) is 0. The number of benzene rings is 2. The van der Waals surface area contributed by atoms with Gasteiger partial charge in [0.05, 0.1) is 29.8 Å². The van der Waals surface area contributed by atoms with E-state index in [4.69, 9.17) is 0 Å². The van der Waals surface area contributed by atoms with Crippen molar-refractivity contribution in [3.05, 3.63) is 64.2 Å². The van der Waals surface area contributed by atoms with E-state index >= 15 is 0 Å². The molecule has 2 aromatic carbocycles. The van der Waals surface area contributed by atoms with Crippen molar-refractivity contribution in [3.8, 4) is 0 Å².